The molecule has 2 aromatic carbocycles. The van der Waals surface area contributed by atoms with Crippen molar-refractivity contribution in [2.45, 2.75) is 19.9 Å². The zero-order valence-corrected chi connectivity index (χ0v) is 16.6. The largest absolute Gasteiger partial charge is 0.354 e. The first kappa shape index (κ1) is 18.6. The van der Waals surface area contributed by atoms with Crippen molar-refractivity contribution in [3.8, 4) is 11.4 Å². The molecule has 7 heteroatoms. The normalized spacial score (nSPS) is 10.7. The summed E-state index contributed by atoms with van der Waals surface area (Å²) in [7, 11) is 0. The van der Waals surface area contributed by atoms with Crippen LogP contribution in [0.15, 0.2) is 53.0 Å². The Labute approximate surface area is 165 Å². The molecule has 0 aliphatic carbocycles. The van der Waals surface area contributed by atoms with Gasteiger partial charge in [-0.2, -0.15) is 5.10 Å². The second kappa shape index (κ2) is 8.47. The van der Waals surface area contributed by atoms with E-state index in [1.54, 1.807) is 10.7 Å². The van der Waals surface area contributed by atoms with Crippen molar-refractivity contribution in [2.75, 3.05) is 6.54 Å². The second-order valence-electron chi connectivity index (χ2n) is 5.85. The predicted octanol–water partition coefficient (Wildman–Crippen LogP) is 4.03. The average molecular weight is 434 g/mol. The van der Waals surface area contributed by atoms with E-state index in [-0.39, 0.29) is 12.5 Å². The van der Waals surface area contributed by atoms with Crippen LogP contribution in [0.2, 0.25) is 5.02 Å². The molecule has 0 saturated heterocycles. The fourth-order valence-corrected chi connectivity index (χ4v) is 3.30. The smallest absolute Gasteiger partial charge is 0.241 e. The van der Waals surface area contributed by atoms with Crippen LogP contribution in [0.3, 0.4) is 0 Å². The molecule has 134 valence electrons. The second-order valence-corrected chi connectivity index (χ2v) is 7.17. The van der Waals surface area contributed by atoms with Crippen molar-refractivity contribution >= 4 is 33.4 Å². The van der Waals surface area contributed by atoms with E-state index in [4.69, 9.17) is 11.6 Å². The van der Waals surface area contributed by atoms with E-state index in [1.165, 1.54) is 5.56 Å². The minimum atomic E-state index is -0.0950. The molecule has 5 nitrogen and oxygen atoms in total. The SMILES string of the molecule is Cc1nc(-c2ccc(Br)cc2Cl)nn1CC(=O)NCCc1ccccc1. The molecular formula is C19H18BrClN4O. The van der Waals surface area contributed by atoms with Gasteiger partial charge in [-0.05, 0) is 37.1 Å². The number of carbonyl (C=O) groups is 1. The summed E-state index contributed by atoms with van der Waals surface area (Å²) in [6.07, 6.45) is 0.794. The van der Waals surface area contributed by atoms with Crippen LogP contribution in [0.4, 0.5) is 0 Å². The Morgan fingerprint density at radius 3 is 2.73 bits per heavy atom. The first-order valence-corrected chi connectivity index (χ1v) is 9.37. The summed E-state index contributed by atoms with van der Waals surface area (Å²) in [5, 5.41) is 7.90. The van der Waals surface area contributed by atoms with E-state index < -0.39 is 0 Å². The molecule has 0 aliphatic rings. The number of amides is 1. The highest BCUT2D eigenvalue weighted by Crippen LogP contribution is 2.28. The summed E-state index contributed by atoms with van der Waals surface area (Å²) in [5.41, 5.74) is 1.93. The van der Waals surface area contributed by atoms with Gasteiger partial charge in [-0.25, -0.2) is 9.67 Å². The molecule has 0 saturated carbocycles. The van der Waals surface area contributed by atoms with Gasteiger partial charge in [0.05, 0.1) is 5.02 Å². The number of nitrogens with zero attached hydrogens (tertiary/aromatic N) is 3. The quantitative estimate of drug-likeness (QED) is 0.638. The number of rotatable bonds is 6. The number of halogens is 2. The maximum Gasteiger partial charge on any atom is 0.241 e. The number of carbonyl (C=O) groups excluding carboxylic acids is 1. The number of aromatic nitrogens is 3. The third-order valence-electron chi connectivity index (χ3n) is 3.90. The van der Waals surface area contributed by atoms with Crippen molar-refractivity contribution in [3.05, 3.63) is 69.4 Å². The van der Waals surface area contributed by atoms with Crippen LogP contribution in [0.25, 0.3) is 11.4 Å². The van der Waals surface area contributed by atoms with Crippen LogP contribution < -0.4 is 5.32 Å². The van der Waals surface area contributed by atoms with Crippen LogP contribution in [0, 0.1) is 6.92 Å². The van der Waals surface area contributed by atoms with Gasteiger partial charge in [-0.1, -0.05) is 57.9 Å². The maximum absolute atomic E-state index is 12.2. The molecule has 0 aliphatic heterocycles. The van der Waals surface area contributed by atoms with Crippen molar-refractivity contribution in [1.82, 2.24) is 20.1 Å². The van der Waals surface area contributed by atoms with Gasteiger partial charge < -0.3 is 5.32 Å². The van der Waals surface area contributed by atoms with Crippen LogP contribution in [-0.4, -0.2) is 27.2 Å². The third kappa shape index (κ3) is 4.71. The van der Waals surface area contributed by atoms with Crippen molar-refractivity contribution in [2.24, 2.45) is 0 Å². The van der Waals surface area contributed by atoms with E-state index >= 15 is 0 Å². The van der Waals surface area contributed by atoms with Gasteiger partial charge in [0.15, 0.2) is 5.82 Å². The number of benzene rings is 2. The fourth-order valence-electron chi connectivity index (χ4n) is 2.54. The zero-order chi connectivity index (χ0) is 18.5. The molecule has 0 atom stereocenters. The Morgan fingerprint density at radius 2 is 2.00 bits per heavy atom. The monoisotopic (exact) mass is 432 g/mol. The first-order valence-electron chi connectivity index (χ1n) is 8.20. The van der Waals surface area contributed by atoms with Gasteiger partial charge in [0.2, 0.25) is 5.91 Å². The number of nitrogens with one attached hydrogen (secondary N) is 1. The zero-order valence-electron chi connectivity index (χ0n) is 14.2. The lowest BCUT2D eigenvalue weighted by atomic mass is 10.1. The Morgan fingerprint density at radius 1 is 1.23 bits per heavy atom. The van der Waals surface area contributed by atoms with Crippen LogP contribution in [-0.2, 0) is 17.8 Å². The standard InChI is InChI=1S/C19H18BrClN4O/c1-13-23-19(16-8-7-15(20)11-17(16)21)24-25(13)12-18(26)22-10-9-14-5-3-2-4-6-14/h2-8,11H,9-10,12H2,1H3,(H,22,26). The molecule has 1 amide bonds. The van der Waals surface area contributed by atoms with Gasteiger partial charge in [0.25, 0.3) is 0 Å². The molecule has 1 aromatic heterocycles. The Balaban J connectivity index is 1.61. The Bertz CT molecular complexity index is 911. The molecule has 0 bridgehead atoms. The fraction of sp³-hybridized carbons (Fsp3) is 0.211. The summed E-state index contributed by atoms with van der Waals surface area (Å²) < 4.78 is 2.48. The summed E-state index contributed by atoms with van der Waals surface area (Å²) in [6.45, 7) is 2.53. The van der Waals surface area contributed by atoms with Gasteiger partial charge in [0.1, 0.15) is 12.4 Å². The van der Waals surface area contributed by atoms with Crippen molar-refractivity contribution < 1.29 is 4.79 Å². The number of aryl methyl sites for hydroxylation is 1. The van der Waals surface area contributed by atoms with Crippen molar-refractivity contribution in [3.63, 3.8) is 0 Å². The van der Waals surface area contributed by atoms with E-state index in [9.17, 15) is 4.79 Å². The first-order chi connectivity index (χ1) is 12.5. The van der Waals surface area contributed by atoms with Crippen LogP contribution >= 0.6 is 27.5 Å². The molecule has 0 fully saturated rings. The van der Waals surface area contributed by atoms with Gasteiger partial charge in [-0.3, -0.25) is 4.79 Å². The van der Waals surface area contributed by atoms with Gasteiger partial charge in [0, 0.05) is 16.6 Å². The van der Waals surface area contributed by atoms with Gasteiger partial charge >= 0.3 is 0 Å². The molecule has 3 rings (SSSR count). The number of hydrogen-bond acceptors (Lipinski definition) is 3. The van der Waals surface area contributed by atoms with E-state index in [1.807, 2.05) is 49.4 Å². The van der Waals surface area contributed by atoms with E-state index in [0.29, 0.717) is 23.2 Å². The molecule has 1 heterocycles. The molecule has 0 spiro atoms. The summed E-state index contributed by atoms with van der Waals surface area (Å²) in [4.78, 5) is 16.6. The Kier molecular flexibility index (Phi) is 6.06. The third-order valence-corrected chi connectivity index (χ3v) is 4.71. The topological polar surface area (TPSA) is 59.8 Å². The lowest BCUT2D eigenvalue weighted by Crippen LogP contribution is -2.30. The number of hydrogen-bond donors (Lipinski definition) is 1. The molecule has 1 N–H and O–H groups in total. The highest BCUT2D eigenvalue weighted by Gasteiger charge is 2.14. The summed E-state index contributed by atoms with van der Waals surface area (Å²) in [6, 6.07) is 15.6. The molecule has 3 aromatic rings. The summed E-state index contributed by atoms with van der Waals surface area (Å²) in [5.74, 6) is 1.08. The van der Waals surface area contributed by atoms with Crippen molar-refractivity contribution in [1.29, 1.82) is 0 Å². The minimum Gasteiger partial charge on any atom is -0.354 e. The van der Waals surface area contributed by atoms with E-state index in [0.717, 1.165) is 16.5 Å². The molecule has 26 heavy (non-hydrogen) atoms. The molecule has 0 radical (unpaired) electrons. The highest BCUT2D eigenvalue weighted by molar-refractivity contribution is 9.10. The van der Waals surface area contributed by atoms with Crippen LogP contribution in [0.1, 0.15) is 11.4 Å². The van der Waals surface area contributed by atoms with Crippen LogP contribution in [0.5, 0.6) is 0 Å². The summed E-state index contributed by atoms with van der Waals surface area (Å²) >= 11 is 9.64. The predicted molar refractivity (Wildman–Crippen MR) is 106 cm³/mol. The highest BCUT2D eigenvalue weighted by atomic mass is 79.9. The van der Waals surface area contributed by atoms with Gasteiger partial charge in [-0.15, -0.1) is 0 Å². The lowest BCUT2D eigenvalue weighted by molar-refractivity contribution is -0.121. The lowest BCUT2D eigenvalue weighted by Gasteiger charge is -2.06. The Hall–Kier alpha value is -2.18. The molecule has 0 unspecified atom stereocenters. The molecular weight excluding hydrogens is 416 g/mol. The van der Waals surface area contributed by atoms with E-state index in [2.05, 4.69) is 31.3 Å². The maximum atomic E-state index is 12.2. The average Bonchev–Trinajstić information content (AvgIpc) is 2.96. The minimum absolute atomic E-state index is 0.0950.